The molecule has 1 saturated heterocycles. The predicted molar refractivity (Wildman–Crippen MR) is 78.3 cm³/mol. The van der Waals surface area contributed by atoms with Gasteiger partial charge in [0.15, 0.2) is 0 Å². The molecule has 0 saturated carbocycles. The van der Waals surface area contributed by atoms with E-state index < -0.39 is 0 Å². The van der Waals surface area contributed by atoms with E-state index in [2.05, 4.69) is 34.3 Å². The fourth-order valence-corrected chi connectivity index (χ4v) is 2.62. The van der Waals surface area contributed by atoms with E-state index in [1.54, 1.807) is 0 Å². The number of hydrogen-bond donors (Lipinski definition) is 2. The summed E-state index contributed by atoms with van der Waals surface area (Å²) in [6.07, 6.45) is 3.87. The van der Waals surface area contributed by atoms with Crippen LogP contribution in [0.3, 0.4) is 0 Å². The third-order valence-corrected chi connectivity index (χ3v) is 4.25. The van der Waals surface area contributed by atoms with Gasteiger partial charge in [-0.25, -0.2) is 4.98 Å². The van der Waals surface area contributed by atoms with Gasteiger partial charge in [-0.3, -0.25) is 0 Å². The summed E-state index contributed by atoms with van der Waals surface area (Å²) in [6, 6.07) is 4.58. The molecule has 2 unspecified atom stereocenters. The summed E-state index contributed by atoms with van der Waals surface area (Å²) in [5.74, 6) is 1.50. The molecule has 0 aromatic carbocycles. The van der Waals surface area contributed by atoms with E-state index >= 15 is 0 Å². The first kappa shape index (κ1) is 14.3. The lowest BCUT2D eigenvalue weighted by Gasteiger charge is -2.34. The van der Waals surface area contributed by atoms with Crippen LogP contribution < -0.4 is 10.2 Å². The number of nitrogens with one attached hydrogen (secondary N) is 1. The van der Waals surface area contributed by atoms with Gasteiger partial charge in [-0.15, -0.1) is 0 Å². The predicted octanol–water partition coefficient (Wildman–Crippen LogP) is 1.96. The first-order valence-electron chi connectivity index (χ1n) is 7.18. The molecule has 0 aliphatic carbocycles. The molecule has 1 aliphatic heterocycles. The topological polar surface area (TPSA) is 48.4 Å². The molecule has 2 N–H and O–H groups in total. The summed E-state index contributed by atoms with van der Waals surface area (Å²) < 4.78 is 0. The van der Waals surface area contributed by atoms with Gasteiger partial charge in [-0.2, -0.15) is 0 Å². The van der Waals surface area contributed by atoms with E-state index in [1.807, 2.05) is 20.2 Å². The van der Waals surface area contributed by atoms with Crippen molar-refractivity contribution in [3.8, 4) is 0 Å². The second-order valence-corrected chi connectivity index (χ2v) is 5.53. The van der Waals surface area contributed by atoms with Gasteiger partial charge in [0.25, 0.3) is 0 Å². The normalized spacial score (nSPS) is 20.3. The molecular weight excluding hydrogens is 238 g/mol. The van der Waals surface area contributed by atoms with Gasteiger partial charge in [0.2, 0.25) is 0 Å². The van der Waals surface area contributed by atoms with Crippen molar-refractivity contribution in [1.29, 1.82) is 0 Å². The fraction of sp³-hybridized carbons (Fsp3) is 0.667. The van der Waals surface area contributed by atoms with E-state index in [4.69, 9.17) is 0 Å². The number of aliphatic hydroxyl groups is 1. The zero-order valence-electron chi connectivity index (χ0n) is 12.1. The molecular formula is C15H25N3O. The van der Waals surface area contributed by atoms with Crippen LogP contribution >= 0.6 is 0 Å². The lowest BCUT2D eigenvalue weighted by Crippen LogP contribution is -2.37. The van der Waals surface area contributed by atoms with Crippen LogP contribution in [0, 0.1) is 5.92 Å². The van der Waals surface area contributed by atoms with Crippen LogP contribution in [-0.2, 0) is 0 Å². The molecule has 106 valence electrons. The Kier molecular flexibility index (Phi) is 4.77. The smallest absolute Gasteiger partial charge is 0.128 e. The fourth-order valence-electron chi connectivity index (χ4n) is 2.62. The average molecular weight is 263 g/mol. The standard InChI is InChI=1S/C15H25N3O/c1-11(16-3)14-4-5-15(17-10-14)18-8-6-13(7-9-18)12(2)19/h4-5,10-13,16,19H,6-9H2,1-3H3. The van der Waals surface area contributed by atoms with Crippen LogP contribution in [-0.4, -0.2) is 36.3 Å². The average Bonchev–Trinajstić information content (AvgIpc) is 2.46. The quantitative estimate of drug-likeness (QED) is 0.872. The minimum absolute atomic E-state index is 0.186. The maximum atomic E-state index is 9.62. The highest BCUT2D eigenvalue weighted by molar-refractivity contribution is 5.40. The number of rotatable bonds is 4. The van der Waals surface area contributed by atoms with E-state index in [-0.39, 0.29) is 6.10 Å². The van der Waals surface area contributed by atoms with Crippen molar-refractivity contribution in [3.05, 3.63) is 23.9 Å². The molecule has 2 rings (SSSR count). The van der Waals surface area contributed by atoms with Crippen LogP contribution in [0.15, 0.2) is 18.3 Å². The number of nitrogens with zero attached hydrogens (tertiary/aromatic N) is 2. The number of aromatic nitrogens is 1. The van der Waals surface area contributed by atoms with E-state index in [9.17, 15) is 5.11 Å². The largest absolute Gasteiger partial charge is 0.393 e. The summed E-state index contributed by atoms with van der Waals surface area (Å²) in [5.41, 5.74) is 1.21. The number of hydrogen-bond acceptors (Lipinski definition) is 4. The van der Waals surface area contributed by atoms with Crippen molar-refractivity contribution >= 4 is 5.82 Å². The van der Waals surface area contributed by atoms with Gasteiger partial charge in [0, 0.05) is 25.3 Å². The van der Waals surface area contributed by atoms with Crippen molar-refractivity contribution in [2.24, 2.45) is 5.92 Å². The Morgan fingerprint density at radius 3 is 2.47 bits per heavy atom. The van der Waals surface area contributed by atoms with Crippen LogP contribution in [0.5, 0.6) is 0 Å². The first-order chi connectivity index (χ1) is 9.11. The number of pyridine rings is 1. The SMILES string of the molecule is CNC(C)c1ccc(N2CCC(C(C)O)CC2)nc1. The number of piperidine rings is 1. The second-order valence-electron chi connectivity index (χ2n) is 5.53. The van der Waals surface area contributed by atoms with Gasteiger partial charge < -0.3 is 15.3 Å². The van der Waals surface area contributed by atoms with E-state index in [0.717, 1.165) is 31.7 Å². The van der Waals surface area contributed by atoms with Crippen LogP contribution in [0.2, 0.25) is 0 Å². The molecule has 1 fully saturated rings. The van der Waals surface area contributed by atoms with E-state index in [1.165, 1.54) is 5.56 Å². The Bertz CT molecular complexity index is 383. The van der Waals surface area contributed by atoms with Gasteiger partial charge in [-0.1, -0.05) is 6.07 Å². The number of anilines is 1. The second kappa shape index (κ2) is 6.35. The Morgan fingerprint density at radius 1 is 1.32 bits per heavy atom. The zero-order chi connectivity index (χ0) is 13.8. The molecule has 0 spiro atoms. The summed E-state index contributed by atoms with van der Waals surface area (Å²) in [7, 11) is 1.96. The Morgan fingerprint density at radius 2 is 2.00 bits per heavy atom. The Labute approximate surface area is 115 Å². The summed E-state index contributed by atoms with van der Waals surface area (Å²) in [4.78, 5) is 6.88. The van der Waals surface area contributed by atoms with Gasteiger partial charge in [-0.05, 0) is 51.3 Å². The Balaban J connectivity index is 1.96. The maximum absolute atomic E-state index is 9.62. The van der Waals surface area contributed by atoms with Gasteiger partial charge >= 0.3 is 0 Å². The molecule has 2 atom stereocenters. The van der Waals surface area contributed by atoms with Crippen molar-refractivity contribution in [2.75, 3.05) is 25.0 Å². The monoisotopic (exact) mass is 263 g/mol. The summed E-state index contributed by atoms with van der Waals surface area (Å²) >= 11 is 0. The summed E-state index contributed by atoms with van der Waals surface area (Å²) in [6.45, 7) is 6.00. The lowest BCUT2D eigenvalue weighted by atomic mass is 9.92. The molecule has 0 amide bonds. The molecule has 0 radical (unpaired) electrons. The summed E-state index contributed by atoms with van der Waals surface area (Å²) in [5, 5.41) is 12.8. The highest BCUT2D eigenvalue weighted by atomic mass is 16.3. The van der Waals surface area contributed by atoms with Crippen molar-refractivity contribution in [3.63, 3.8) is 0 Å². The molecule has 4 nitrogen and oxygen atoms in total. The van der Waals surface area contributed by atoms with Crippen LogP contribution in [0.4, 0.5) is 5.82 Å². The molecule has 2 heterocycles. The van der Waals surface area contributed by atoms with Crippen molar-refractivity contribution < 1.29 is 5.11 Å². The third kappa shape index (κ3) is 3.45. The van der Waals surface area contributed by atoms with E-state index in [0.29, 0.717) is 12.0 Å². The molecule has 1 aromatic rings. The highest BCUT2D eigenvalue weighted by Gasteiger charge is 2.23. The van der Waals surface area contributed by atoms with Gasteiger partial charge in [0.1, 0.15) is 5.82 Å². The molecule has 4 heteroatoms. The van der Waals surface area contributed by atoms with Gasteiger partial charge in [0.05, 0.1) is 6.10 Å². The lowest BCUT2D eigenvalue weighted by molar-refractivity contribution is 0.110. The highest BCUT2D eigenvalue weighted by Crippen LogP contribution is 2.24. The van der Waals surface area contributed by atoms with Crippen LogP contribution in [0.25, 0.3) is 0 Å². The van der Waals surface area contributed by atoms with Crippen molar-refractivity contribution in [2.45, 2.75) is 38.8 Å². The maximum Gasteiger partial charge on any atom is 0.128 e. The van der Waals surface area contributed by atoms with Crippen LogP contribution in [0.1, 0.15) is 38.3 Å². The zero-order valence-corrected chi connectivity index (χ0v) is 12.1. The molecule has 19 heavy (non-hydrogen) atoms. The molecule has 0 bridgehead atoms. The van der Waals surface area contributed by atoms with Crippen molar-refractivity contribution in [1.82, 2.24) is 10.3 Å². The molecule has 1 aromatic heterocycles. The number of aliphatic hydroxyl groups excluding tert-OH is 1. The minimum Gasteiger partial charge on any atom is -0.393 e. The third-order valence-electron chi connectivity index (χ3n) is 4.25. The minimum atomic E-state index is -0.186. The first-order valence-corrected chi connectivity index (χ1v) is 7.18. The Hall–Kier alpha value is -1.13. The molecule has 1 aliphatic rings.